The van der Waals surface area contributed by atoms with Crippen LogP contribution < -0.4 is 26.6 Å². The van der Waals surface area contributed by atoms with Crippen LogP contribution in [0.5, 0.6) is 0 Å². The zero-order valence-corrected chi connectivity index (χ0v) is 23.4. The van der Waals surface area contributed by atoms with E-state index >= 15 is 0 Å². The minimum absolute atomic E-state index is 0.942. The van der Waals surface area contributed by atoms with E-state index in [0.29, 0.717) is 0 Å². The molecular formula is C28H55N5. The lowest BCUT2D eigenvalue weighted by atomic mass is 10.1. The van der Waals surface area contributed by atoms with Gasteiger partial charge in [0, 0.05) is 26.2 Å². The molecule has 0 aliphatic carbocycles. The molecule has 2 aromatic carbocycles. The second-order valence-corrected chi connectivity index (χ2v) is 6.86. The van der Waals surface area contributed by atoms with Crippen LogP contribution in [0.2, 0.25) is 0 Å². The monoisotopic (exact) mass is 461 g/mol. The molecule has 5 nitrogen and oxygen atoms in total. The smallest absolute Gasteiger partial charge is 0.0202 e. The molecule has 33 heavy (non-hydrogen) atoms. The predicted molar refractivity (Wildman–Crippen MR) is 151 cm³/mol. The highest BCUT2D eigenvalue weighted by Gasteiger charge is 1.93. The van der Waals surface area contributed by atoms with Crippen molar-refractivity contribution in [3.63, 3.8) is 0 Å². The quantitative estimate of drug-likeness (QED) is 0.348. The lowest BCUT2D eigenvalue weighted by Gasteiger charge is -2.03. The van der Waals surface area contributed by atoms with Gasteiger partial charge in [-0.2, -0.15) is 0 Å². The lowest BCUT2D eigenvalue weighted by molar-refractivity contribution is 0.772. The maximum Gasteiger partial charge on any atom is 0.0202 e. The summed E-state index contributed by atoms with van der Waals surface area (Å²) in [6.45, 7) is 15.1. The zero-order valence-electron chi connectivity index (χ0n) is 23.4. The Morgan fingerprint density at radius 3 is 1.06 bits per heavy atom. The predicted octanol–water partition coefficient (Wildman–Crippen LogP) is 4.92. The van der Waals surface area contributed by atoms with Crippen LogP contribution in [0.25, 0.3) is 0 Å². The van der Waals surface area contributed by atoms with E-state index in [2.05, 4.69) is 82.0 Å². The summed E-state index contributed by atoms with van der Waals surface area (Å²) >= 11 is 0. The number of nitrogens with one attached hydrogen (secondary N) is 5. The third kappa shape index (κ3) is 23.2. The van der Waals surface area contributed by atoms with Crippen LogP contribution in [0, 0.1) is 0 Å². The zero-order chi connectivity index (χ0) is 25.7. The largest absolute Gasteiger partial charge is 0.320 e. The Bertz CT molecular complexity index is 551. The van der Waals surface area contributed by atoms with Gasteiger partial charge in [0.25, 0.3) is 0 Å². The van der Waals surface area contributed by atoms with Crippen LogP contribution in [0.4, 0.5) is 0 Å². The molecule has 0 radical (unpaired) electrons. The van der Waals surface area contributed by atoms with Gasteiger partial charge in [0.2, 0.25) is 0 Å². The van der Waals surface area contributed by atoms with E-state index in [1.54, 1.807) is 0 Å². The van der Waals surface area contributed by atoms with Crippen molar-refractivity contribution in [3.05, 3.63) is 70.8 Å². The Labute approximate surface area is 206 Å². The van der Waals surface area contributed by atoms with E-state index in [4.69, 9.17) is 0 Å². The summed E-state index contributed by atoms with van der Waals surface area (Å²) in [6.07, 6.45) is 1.23. The topological polar surface area (TPSA) is 60.1 Å². The number of hydrogen-bond acceptors (Lipinski definition) is 5. The van der Waals surface area contributed by atoms with Crippen LogP contribution in [0.1, 0.15) is 63.3 Å². The highest BCUT2D eigenvalue weighted by molar-refractivity contribution is 5.23. The molecule has 5 heteroatoms. The van der Waals surface area contributed by atoms with Crippen molar-refractivity contribution >= 4 is 0 Å². The standard InChI is InChI=1S/2C10H16N2.C4H11N.2C2H6/c1-11-7-9-3-5-10(6-4-9)8-12-2;1-11-7-9-4-3-5-10(6-9)8-12-2;1-3-4-5-2;2*1-2/h2*3-6,11-12H,7-8H2,1-2H3;5H,3-4H2,1-2H3;2*1-2H3. The molecule has 2 rings (SSSR count). The van der Waals surface area contributed by atoms with Crippen molar-refractivity contribution in [2.45, 2.75) is 67.2 Å². The fourth-order valence-corrected chi connectivity index (χ4v) is 2.69. The maximum absolute atomic E-state index is 3.13. The minimum atomic E-state index is 0.942. The first kappa shape index (κ1) is 35.8. The summed E-state index contributed by atoms with van der Waals surface area (Å²) in [5.74, 6) is 0. The van der Waals surface area contributed by atoms with Crippen LogP contribution >= 0.6 is 0 Å². The Morgan fingerprint density at radius 1 is 0.485 bits per heavy atom. The van der Waals surface area contributed by atoms with Gasteiger partial charge in [-0.25, -0.2) is 0 Å². The Hall–Kier alpha value is -1.76. The molecule has 0 spiro atoms. The molecule has 0 atom stereocenters. The fourth-order valence-electron chi connectivity index (χ4n) is 2.69. The maximum atomic E-state index is 3.13. The molecule has 0 saturated heterocycles. The molecule has 0 heterocycles. The van der Waals surface area contributed by atoms with Gasteiger partial charge in [-0.3, -0.25) is 0 Å². The molecule has 2 aromatic rings. The number of rotatable bonds is 10. The van der Waals surface area contributed by atoms with Gasteiger partial charge in [0.15, 0.2) is 0 Å². The molecule has 0 saturated carbocycles. The first-order valence-corrected chi connectivity index (χ1v) is 12.5. The van der Waals surface area contributed by atoms with Gasteiger partial charge in [0.05, 0.1) is 0 Å². The molecule has 0 amide bonds. The molecule has 0 bridgehead atoms. The normalized spacial score (nSPS) is 9.03. The summed E-state index contributed by atoms with van der Waals surface area (Å²) in [7, 11) is 9.81. The summed E-state index contributed by atoms with van der Waals surface area (Å²) in [4.78, 5) is 0. The third-order valence-corrected chi connectivity index (χ3v) is 4.04. The number of hydrogen-bond donors (Lipinski definition) is 5. The van der Waals surface area contributed by atoms with Gasteiger partial charge in [-0.15, -0.1) is 0 Å². The van der Waals surface area contributed by atoms with Gasteiger partial charge >= 0.3 is 0 Å². The van der Waals surface area contributed by atoms with Crippen molar-refractivity contribution in [1.82, 2.24) is 26.6 Å². The summed E-state index contributed by atoms with van der Waals surface area (Å²) in [5.41, 5.74) is 5.34. The van der Waals surface area contributed by atoms with Crippen molar-refractivity contribution < 1.29 is 0 Å². The van der Waals surface area contributed by atoms with E-state index in [1.165, 1.54) is 28.7 Å². The van der Waals surface area contributed by atoms with Crippen molar-refractivity contribution in [2.24, 2.45) is 0 Å². The number of benzene rings is 2. The van der Waals surface area contributed by atoms with Gasteiger partial charge in [-0.1, -0.05) is 83.1 Å². The molecular weight excluding hydrogens is 406 g/mol. The second kappa shape index (κ2) is 30.2. The highest BCUT2D eigenvalue weighted by Crippen LogP contribution is 2.04. The second-order valence-electron chi connectivity index (χ2n) is 6.86. The van der Waals surface area contributed by atoms with Crippen LogP contribution in [-0.4, -0.2) is 41.8 Å². The Kier molecular flexibility index (Phi) is 32.8. The van der Waals surface area contributed by atoms with Crippen molar-refractivity contribution in [1.29, 1.82) is 0 Å². The van der Waals surface area contributed by atoms with E-state index in [-0.39, 0.29) is 0 Å². The Morgan fingerprint density at radius 2 is 0.818 bits per heavy atom. The molecule has 192 valence electrons. The van der Waals surface area contributed by atoms with Crippen LogP contribution in [0.3, 0.4) is 0 Å². The first-order chi connectivity index (χ1) is 16.1. The average Bonchev–Trinajstić information content (AvgIpc) is 2.85. The molecule has 0 unspecified atom stereocenters. The van der Waals surface area contributed by atoms with Gasteiger partial charge < -0.3 is 26.6 Å². The molecule has 0 aliphatic rings. The Balaban J connectivity index is -0.000000405. The minimum Gasteiger partial charge on any atom is -0.320 e. The van der Waals surface area contributed by atoms with E-state index < -0.39 is 0 Å². The SMILES string of the molecule is CC.CC.CCCNC.CNCc1ccc(CNC)cc1.CNCc1cccc(CNC)c1. The van der Waals surface area contributed by atoms with E-state index in [0.717, 1.165) is 32.7 Å². The summed E-state index contributed by atoms with van der Waals surface area (Å²) in [5, 5.41) is 15.5. The molecule has 0 aromatic heterocycles. The van der Waals surface area contributed by atoms with Gasteiger partial charge in [-0.05, 0) is 70.5 Å². The van der Waals surface area contributed by atoms with Crippen molar-refractivity contribution in [2.75, 3.05) is 41.8 Å². The lowest BCUT2D eigenvalue weighted by Crippen LogP contribution is -2.08. The molecule has 5 N–H and O–H groups in total. The first-order valence-electron chi connectivity index (χ1n) is 12.5. The van der Waals surface area contributed by atoms with Crippen LogP contribution in [-0.2, 0) is 26.2 Å². The molecule has 0 fully saturated rings. The average molecular weight is 462 g/mol. The fraction of sp³-hybridized carbons (Fsp3) is 0.571. The van der Waals surface area contributed by atoms with Crippen LogP contribution in [0.15, 0.2) is 48.5 Å². The van der Waals surface area contributed by atoms with E-state index in [9.17, 15) is 0 Å². The summed E-state index contributed by atoms with van der Waals surface area (Å²) in [6, 6.07) is 17.2. The highest BCUT2D eigenvalue weighted by atomic mass is 14.8. The molecule has 0 aliphatic heterocycles. The van der Waals surface area contributed by atoms with E-state index in [1.807, 2.05) is 62.9 Å². The van der Waals surface area contributed by atoms with Gasteiger partial charge in [0.1, 0.15) is 0 Å². The summed E-state index contributed by atoms with van der Waals surface area (Å²) < 4.78 is 0. The third-order valence-electron chi connectivity index (χ3n) is 4.04. The van der Waals surface area contributed by atoms with Crippen molar-refractivity contribution in [3.8, 4) is 0 Å².